The molecule has 35 heavy (non-hydrogen) atoms. The molecular weight excluding hydrogens is 447 g/mol. The summed E-state index contributed by atoms with van der Waals surface area (Å²) in [5.41, 5.74) is 2.97. The topological polar surface area (TPSA) is 71.8 Å². The number of nitrogens with one attached hydrogen (secondary N) is 1. The Morgan fingerprint density at radius 1 is 1.14 bits per heavy atom. The van der Waals surface area contributed by atoms with Crippen molar-refractivity contribution in [1.82, 2.24) is 10.2 Å². The number of amides is 2. The van der Waals surface area contributed by atoms with Crippen LogP contribution in [-0.2, 0) is 17.8 Å². The van der Waals surface area contributed by atoms with Crippen LogP contribution in [0.4, 0.5) is 4.39 Å². The molecule has 0 fully saturated rings. The number of ether oxygens (including phenoxy) is 1. The van der Waals surface area contributed by atoms with Crippen LogP contribution in [0.2, 0.25) is 0 Å². The summed E-state index contributed by atoms with van der Waals surface area (Å²) in [6.07, 6.45) is 1.20. The van der Waals surface area contributed by atoms with Crippen LogP contribution >= 0.6 is 0 Å². The number of hydrogen-bond donors (Lipinski definition) is 1. The van der Waals surface area contributed by atoms with Crippen molar-refractivity contribution >= 4 is 11.8 Å². The lowest BCUT2D eigenvalue weighted by Crippen LogP contribution is -2.41. The Labute approximate surface area is 205 Å². The molecule has 2 heterocycles. The van der Waals surface area contributed by atoms with E-state index in [1.165, 1.54) is 12.1 Å². The Morgan fingerprint density at radius 3 is 2.63 bits per heavy atom. The molecule has 0 aliphatic carbocycles. The zero-order chi connectivity index (χ0) is 24.9. The average Bonchev–Trinajstić information content (AvgIpc) is 3.31. The normalized spacial score (nSPS) is 15.1. The van der Waals surface area contributed by atoms with Crippen molar-refractivity contribution in [2.45, 2.75) is 46.3 Å². The maximum atomic E-state index is 13.7. The van der Waals surface area contributed by atoms with Gasteiger partial charge in [0.2, 0.25) is 5.91 Å². The van der Waals surface area contributed by atoms with E-state index in [1.807, 2.05) is 43.9 Å². The summed E-state index contributed by atoms with van der Waals surface area (Å²) in [5.74, 6) is 1.15. The molecule has 1 aromatic heterocycles. The van der Waals surface area contributed by atoms with Crippen LogP contribution in [-0.4, -0.2) is 29.8 Å². The first kappa shape index (κ1) is 24.5. The molecule has 1 N–H and O–H groups in total. The molecule has 6 nitrogen and oxygen atoms in total. The van der Waals surface area contributed by atoms with Gasteiger partial charge in [-0.3, -0.25) is 9.59 Å². The van der Waals surface area contributed by atoms with Gasteiger partial charge in [0.05, 0.1) is 6.04 Å². The molecule has 4 rings (SSSR count). The molecule has 0 saturated carbocycles. The van der Waals surface area contributed by atoms with Crippen molar-refractivity contribution in [3.63, 3.8) is 0 Å². The molecule has 0 spiro atoms. The number of benzene rings is 2. The Bertz CT molecular complexity index is 1190. The van der Waals surface area contributed by atoms with Crippen LogP contribution in [0.3, 0.4) is 0 Å². The molecule has 184 valence electrons. The lowest BCUT2D eigenvalue weighted by atomic mass is 9.87. The van der Waals surface area contributed by atoms with Crippen LogP contribution in [0.1, 0.15) is 66.2 Å². The Kier molecular flexibility index (Phi) is 7.54. The number of carbonyl (C=O) groups excluding carboxylic acids is 2. The number of halogens is 1. The standard InChI is InChI=1S/C28H31FN2O4/c1-4-30-28(33)25-12-11-23(35-25)17-34-22-10-7-19-13-14-31(26(32)15-18(2)3)27(24(19)16-22)20-5-8-21(29)9-6-20/h5-12,16,18,27H,4,13-15,17H2,1-3H3,(H,30,33). The highest BCUT2D eigenvalue weighted by Gasteiger charge is 2.32. The van der Waals surface area contributed by atoms with E-state index in [1.54, 1.807) is 24.3 Å². The molecule has 2 amide bonds. The van der Waals surface area contributed by atoms with E-state index in [0.717, 1.165) is 23.1 Å². The maximum Gasteiger partial charge on any atom is 0.286 e. The minimum atomic E-state index is -0.317. The second-order valence-electron chi connectivity index (χ2n) is 9.16. The van der Waals surface area contributed by atoms with Gasteiger partial charge in [-0.1, -0.05) is 32.0 Å². The summed E-state index contributed by atoms with van der Waals surface area (Å²) >= 11 is 0. The van der Waals surface area contributed by atoms with Crippen molar-refractivity contribution in [3.05, 3.63) is 88.6 Å². The van der Waals surface area contributed by atoms with Crippen LogP contribution in [0.25, 0.3) is 0 Å². The predicted molar refractivity (Wildman–Crippen MR) is 131 cm³/mol. The van der Waals surface area contributed by atoms with Crippen LogP contribution in [0, 0.1) is 11.7 Å². The van der Waals surface area contributed by atoms with E-state index in [4.69, 9.17) is 9.15 Å². The number of fused-ring (bicyclic) bond motifs is 1. The summed E-state index contributed by atoms with van der Waals surface area (Å²) in [5, 5.41) is 2.70. The van der Waals surface area contributed by atoms with Gasteiger partial charge in [0, 0.05) is 19.5 Å². The number of nitrogens with zero attached hydrogens (tertiary/aromatic N) is 1. The monoisotopic (exact) mass is 478 g/mol. The lowest BCUT2D eigenvalue weighted by molar-refractivity contribution is -0.134. The first-order valence-electron chi connectivity index (χ1n) is 12.0. The second kappa shape index (κ2) is 10.8. The summed E-state index contributed by atoms with van der Waals surface area (Å²) < 4.78 is 25.2. The summed E-state index contributed by atoms with van der Waals surface area (Å²) in [6, 6.07) is 15.2. The van der Waals surface area contributed by atoms with Crippen LogP contribution < -0.4 is 10.1 Å². The summed E-state index contributed by atoms with van der Waals surface area (Å²) in [7, 11) is 0. The molecule has 1 atom stereocenters. The van der Waals surface area contributed by atoms with Crippen molar-refractivity contribution < 1.29 is 23.1 Å². The fraction of sp³-hybridized carbons (Fsp3) is 0.357. The first-order chi connectivity index (χ1) is 16.9. The highest BCUT2D eigenvalue weighted by atomic mass is 19.1. The molecule has 1 aliphatic heterocycles. The highest BCUT2D eigenvalue weighted by molar-refractivity contribution is 5.91. The number of carbonyl (C=O) groups is 2. The fourth-order valence-corrected chi connectivity index (χ4v) is 4.40. The number of furan rings is 1. The number of hydrogen-bond acceptors (Lipinski definition) is 4. The molecule has 0 saturated heterocycles. The van der Waals surface area contributed by atoms with E-state index in [2.05, 4.69) is 5.32 Å². The SMILES string of the molecule is CCNC(=O)c1ccc(COc2ccc3c(c2)C(c2ccc(F)cc2)N(C(=O)CC(C)C)CC3)o1. The molecule has 1 unspecified atom stereocenters. The zero-order valence-electron chi connectivity index (χ0n) is 20.3. The average molecular weight is 479 g/mol. The Hall–Kier alpha value is -3.61. The third-order valence-electron chi connectivity index (χ3n) is 6.04. The fourth-order valence-electron chi connectivity index (χ4n) is 4.40. The van der Waals surface area contributed by atoms with Gasteiger partial charge in [-0.25, -0.2) is 4.39 Å². The molecule has 3 aromatic rings. The highest BCUT2D eigenvalue weighted by Crippen LogP contribution is 2.38. The van der Waals surface area contributed by atoms with Gasteiger partial charge < -0.3 is 19.4 Å². The predicted octanol–water partition coefficient (Wildman–Crippen LogP) is 5.27. The molecule has 7 heteroatoms. The summed E-state index contributed by atoms with van der Waals surface area (Å²) in [6.45, 7) is 7.19. The largest absolute Gasteiger partial charge is 0.486 e. The van der Waals surface area contributed by atoms with Crippen LogP contribution in [0.15, 0.2) is 59.0 Å². The van der Waals surface area contributed by atoms with Crippen molar-refractivity contribution in [1.29, 1.82) is 0 Å². The van der Waals surface area contributed by atoms with Gasteiger partial charge in [0.15, 0.2) is 5.76 Å². The van der Waals surface area contributed by atoms with E-state index in [0.29, 0.717) is 31.0 Å². The lowest BCUT2D eigenvalue weighted by Gasteiger charge is -2.38. The van der Waals surface area contributed by atoms with Crippen molar-refractivity contribution in [2.75, 3.05) is 13.1 Å². The molecule has 0 bridgehead atoms. The van der Waals surface area contributed by atoms with E-state index in [-0.39, 0.29) is 42.0 Å². The van der Waals surface area contributed by atoms with Gasteiger partial charge in [0.1, 0.15) is 23.9 Å². The van der Waals surface area contributed by atoms with E-state index >= 15 is 0 Å². The van der Waals surface area contributed by atoms with Gasteiger partial charge in [0.25, 0.3) is 5.91 Å². The van der Waals surface area contributed by atoms with Crippen LogP contribution in [0.5, 0.6) is 5.75 Å². The Morgan fingerprint density at radius 2 is 1.91 bits per heavy atom. The second-order valence-corrected chi connectivity index (χ2v) is 9.16. The maximum absolute atomic E-state index is 13.7. The van der Waals surface area contributed by atoms with Gasteiger partial charge in [-0.2, -0.15) is 0 Å². The third kappa shape index (κ3) is 5.73. The zero-order valence-corrected chi connectivity index (χ0v) is 20.3. The van der Waals surface area contributed by atoms with Gasteiger partial charge in [-0.05, 0) is 72.4 Å². The minimum Gasteiger partial charge on any atom is -0.486 e. The van der Waals surface area contributed by atoms with Gasteiger partial charge in [-0.15, -0.1) is 0 Å². The van der Waals surface area contributed by atoms with Gasteiger partial charge >= 0.3 is 0 Å². The van der Waals surface area contributed by atoms with E-state index < -0.39 is 0 Å². The van der Waals surface area contributed by atoms with E-state index in [9.17, 15) is 14.0 Å². The molecule has 1 aliphatic rings. The minimum absolute atomic E-state index is 0.0831. The Balaban J connectivity index is 1.59. The first-order valence-corrected chi connectivity index (χ1v) is 12.0. The quantitative estimate of drug-likeness (QED) is 0.479. The molecule has 2 aromatic carbocycles. The van der Waals surface area contributed by atoms with Crippen molar-refractivity contribution in [2.24, 2.45) is 5.92 Å². The third-order valence-corrected chi connectivity index (χ3v) is 6.04. The molecule has 0 radical (unpaired) electrons. The molecular formula is C28H31FN2O4. The number of rotatable bonds is 8. The smallest absolute Gasteiger partial charge is 0.286 e. The van der Waals surface area contributed by atoms with Crippen molar-refractivity contribution in [3.8, 4) is 5.75 Å². The summed E-state index contributed by atoms with van der Waals surface area (Å²) in [4.78, 5) is 27.0.